The Kier molecular flexibility index (Phi) is 10.4. The number of aliphatic hydroxyl groups is 1. The van der Waals surface area contributed by atoms with Crippen LogP contribution in [0.2, 0.25) is 0 Å². The van der Waals surface area contributed by atoms with Gasteiger partial charge in [0.1, 0.15) is 17.1 Å². The number of alkyl halides is 3. The second-order valence-electron chi connectivity index (χ2n) is 11.8. The molecule has 2 aromatic carbocycles. The van der Waals surface area contributed by atoms with Gasteiger partial charge < -0.3 is 24.8 Å². The summed E-state index contributed by atoms with van der Waals surface area (Å²) in [7, 11) is 1.72. The van der Waals surface area contributed by atoms with Crippen molar-refractivity contribution in [2.24, 2.45) is 4.99 Å². The zero-order valence-corrected chi connectivity index (χ0v) is 26.3. The number of ether oxygens (including phenoxy) is 2. The first-order valence-electron chi connectivity index (χ1n) is 15.2. The summed E-state index contributed by atoms with van der Waals surface area (Å²) in [5.74, 6) is 0.493. The molecule has 5 aliphatic heterocycles. The molecular formula is C32H39F3N4O5S. The first-order valence-corrected chi connectivity index (χ1v) is 16.1. The van der Waals surface area contributed by atoms with Gasteiger partial charge in [-0.25, -0.2) is 0 Å². The summed E-state index contributed by atoms with van der Waals surface area (Å²) in [6.07, 6.45) is -3.24. The molecule has 9 nitrogen and oxygen atoms in total. The van der Waals surface area contributed by atoms with Gasteiger partial charge >= 0.3 is 6.18 Å². The van der Waals surface area contributed by atoms with Gasteiger partial charge in [-0.05, 0) is 74.1 Å². The minimum atomic E-state index is -4.63. The van der Waals surface area contributed by atoms with Crippen LogP contribution in [-0.2, 0) is 22.1 Å². The molecule has 2 aromatic rings. The third-order valence-electron chi connectivity index (χ3n) is 8.51. The number of halogens is 3. The van der Waals surface area contributed by atoms with E-state index in [0.717, 1.165) is 35.4 Å². The molecular weight excluding hydrogens is 609 g/mol. The number of amides is 2. The summed E-state index contributed by atoms with van der Waals surface area (Å²) in [6.45, 7) is 4.13. The largest absolute Gasteiger partial charge is 0.493 e. The number of benzene rings is 2. The number of nitrogens with zero attached hydrogens (tertiary/aromatic N) is 3. The molecule has 0 radical (unpaired) electrons. The maximum atomic E-state index is 13.8. The molecule has 0 aromatic heterocycles. The number of hydrogen-bond acceptors (Lipinski definition) is 8. The zero-order chi connectivity index (χ0) is 32.2. The van der Waals surface area contributed by atoms with Crippen molar-refractivity contribution in [1.29, 1.82) is 0 Å². The molecule has 2 N–H and O–H groups in total. The number of aliphatic hydroxyl groups excluding tert-OH is 1. The van der Waals surface area contributed by atoms with Gasteiger partial charge in [0.25, 0.3) is 11.8 Å². The van der Waals surface area contributed by atoms with Crippen LogP contribution in [0.1, 0.15) is 58.3 Å². The smallest absolute Gasteiger partial charge is 0.416 e. The summed E-state index contributed by atoms with van der Waals surface area (Å²) in [5, 5.41) is 13.1. The van der Waals surface area contributed by atoms with Crippen LogP contribution < -0.4 is 10.1 Å². The molecule has 0 unspecified atom stereocenters. The number of likely N-dealkylation sites (N-methyl/N-ethyl adjacent to an activating group) is 1. The molecule has 1 saturated heterocycles. The summed E-state index contributed by atoms with van der Waals surface area (Å²) >= 11 is 1.69. The standard InChI is InChI=1S/C32H39F3N4O5S/c1-21-17-23-4-3-22(21)7-16-45-39-10-8-31(9-11-39)30(42)36-28(37-31)24-18-25(32(33,34)35)20-27(19-24)44-14-6-26(40)5-13-43-15-12-38(2)29(23)41/h3-4,17-20,26,40H,5-16H2,1-2H3,(H,36,37,42)/t26-/m1/s1. The van der Waals surface area contributed by atoms with Gasteiger partial charge in [0.2, 0.25) is 0 Å². The summed E-state index contributed by atoms with van der Waals surface area (Å²) in [5.41, 5.74) is 1.000. The van der Waals surface area contributed by atoms with Crippen molar-refractivity contribution in [2.75, 3.05) is 52.3 Å². The van der Waals surface area contributed by atoms with Gasteiger partial charge in [-0.15, -0.1) is 0 Å². The van der Waals surface area contributed by atoms with Crippen molar-refractivity contribution < 1.29 is 37.3 Å². The highest BCUT2D eigenvalue weighted by atomic mass is 32.2. The van der Waals surface area contributed by atoms with Gasteiger partial charge in [-0.3, -0.25) is 18.9 Å². The maximum absolute atomic E-state index is 13.8. The van der Waals surface area contributed by atoms with E-state index in [1.807, 2.05) is 25.1 Å². The number of aliphatic imine (C=N–C) groups is 1. The normalized spacial score (nSPS) is 25.8. The number of carbonyl (C=O) groups is 2. The Morgan fingerprint density at radius 3 is 2.51 bits per heavy atom. The van der Waals surface area contributed by atoms with Crippen molar-refractivity contribution in [3.63, 3.8) is 0 Å². The number of fused-ring (bicyclic) bond motifs is 2. The Balaban J connectivity index is 1.34. The Morgan fingerprint density at radius 2 is 1.78 bits per heavy atom. The van der Waals surface area contributed by atoms with Crippen molar-refractivity contribution in [2.45, 2.75) is 56.8 Å². The van der Waals surface area contributed by atoms with Crippen molar-refractivity contribution >= 4 is 29.6 Å². The lowest BCUT2D eigenvalue weighted by Gasteiger charge is -2.34. The van der Waals surface area contributed by atoms with E-state index in [4.69, 9.17) is 9.47 Å². The van der Waals surface area contributed by atoms with Gasteiger partial charge in [-0.2, -0.15) is 13.2 Å². The lowest BCUT2D eigenvalue weighted by atomic mass is 9.89. The fourth-order valence-electron chi connectivity index (χ4n) is 5.66. The van der Waals surface area contributed by atoms with E-state index in [1.54, 1.807) is 23.9 Å². The SMILES string of the molecule is Cc1cc2ccc1CCSN1CCC3(CC1)N=C(NC3=O)c1cc(cc(C(F)(F)F)c1)OCC[C@H](O)CCOCCN(C)C2=O. The van der Waals surface area contributed by atoms with E-state index in [9.17, 15) is 27.9 Å². The molecule has 2 amide bonds. The number of hydrogen-bond donors (Lipinski definition) is 2. The fourth-order valence-corrected chi connectivity index (χ4v) is 6.67. The number of nitrogens with one attached hydrogen (secondary N) is 1. The maximum Gasteiger partial charge on any atom is 0.416 e. The van der Waals surface area contributed by atoms with E-state index < -0.39 is 23.4 Å². The number of aryl methyl sites for hydroxylation is 2. The highest BCUT2D eigenvalue weighted by Crippen LogP contribution is 2.36. The third-order valence-corrected chi connectivity index (χ3v) is 9.62. The average molecular weight is 649 g/mol. The fraction of sp³-hybridized carbons (Fsp3) is 0.531. The molecule has 1 fully saturated rings. The molecule has 45 heavy (non-hydrogen) atoms. The number of rotatable bonds is 0. The molecule has 7 bridgehead atoms. The van der Waals surface area contributed by atoms with Crippen molar-refractivity contribution in [1.82, 2.24) is 14.5 Å². The topological polar surface area (TPSA) is 104 Å². The molecule has 0 saturated carbocycles. The van der Waals surface area contributed by atoms with E-state index >= 15 is 0 Å². The minimum Gasteiger partial charge on any atom is -0.493 e. The van der Waals surface area contributed by atoms with E-state index in [1.165, 1.54) is 6.07 Å². The second kappa shape index (κ2) is 14.1. The third kappa shape index (κ3) is 8.18. The van der Waals surface area contributed by atoms with Gasteiger partial charge in [0, 0.05) is 56.6 Å². The highest BCUT2D eigenvalue weighted by molar-refractivity contribution is 7.97. The highest BCUT2D eigenvalue weighted by Gasteiger charge is 2.46. The molecule has 7 rings (SSSR count). The number of amidine groups is 1. The molecule has 5 heterocycles. The predicted molar refractivity (Wildman–Crippen MR) is 166 cm³/mol. The Morgan fingerprint density at radius 1 is 1.02 bits per heavy atom. The number of carbonyl (C=O) groups excluding carboxylic acids is 2. The predicted octanol–water partition coefficient (Wildman–Crippen LogP) is 4.24. The molecule has 13 heteroatoms. The van der Waals surface area contributed by atoms with Crippen LogP contribution in [-0.4, -0.2) is 95.9 Å². The quantitative estimate of drug-likeness (QED) is 0.412. The Labute approximate surface area is 265 Å². The molecule has 5 aliphatic rings. The minimum absolute atomic E-state index is 0.0202. The van der Waals surface area contributed by atoms with Crippen LogP contribution >= 0.6 is 11.9 Å². The van der Waals surface area contributed by atoms with E-state index in [2.05, 4.69) is 14.6 Å². The van der Waals surface area contributed by atoms with Crippen LogP contribution in [0.3, 0.4) is 0 Å². The monoisotopic (exact) mass is 648 g/mol. The van der Waals surface area contributed by atoms with E-state index in [0.29, 0.717) is 51.1 Å². The molecule has 0 aliphatic carbocycles. The second-order valence-corrected chi connectivity index (χ2v) is 12.9. The average Bonchev–Trinajstić information content (AvgIpc) is 3.32. The number of piperidine rings is 1. The van der Waals surface area contributed by atoms with Crippen LogP contribution in [0.5, 0.6) is 5.75 Å². The van der Waals surface area contributed by atoms with Gasteiger partial charge in [0.15, 0.2) is 0 Å². The Bertz CT molecular complexity index is 1430. The van der Waals surface area contributed by atoms with Crippen LogP contribution in [0, 0.1) is 6.92 Å². The first kappa shape index (κ1) is 33.2. The summed E-state index contributed by atoms with van der Waals surface area (Å²) in [6, 6.07) is 9.08. The van der Waals surface area contributed by atoms with Crippen LogP contribution in [0.4, 0.5) is 13.2 Å². The summed E-state index contributed by atoms with van der Waals surface area (Å²) in [4.78, 5) is 32.3. The van der Waals surface area contributed by atoms with Crippen LogP contribution in [0.25, 0.3) is 0 Å². The molecule has 244 valence electrons. The van der Waals surface area contributed by atoms with Crippen molar-refractivity contribution in [3.05, 3.63) is 64.2 Å². The molecule has 1 atom stereocenters. The summed E-state index contributed by atoms with van der Waals surface area (Å²) < 4.78 is 54.9. The zero-order valence-electron chi connectivity index (χ0n) is 25.5. The van der Waals surface area contributed by atoms with Gasteiger partial charge in [0.05, 0.1) is 24.9 Å². The van der Waals surface area contributed by atoms with E-state index in [-0.39, 0.29) is 48.6 Å². The van der Waals surface area contributed by atoms with Gasteiger partial charge in [-0.1, -0.05) is 18.0 Å². The lowest BCUT2D eigenvalue weighted by molar-refractivity contribution is -0.137. The van der Waals surface area contributed by atoms with Crippen LogP contribution in [0.15, 0.2) is 41.4 Å². The first-order chi connectivity index (χ1) is 21.4. The molecule has 1 spiro atoms. The van der Waals surface area contributed by atoms with Crippen molar-refractivity contribution in [3.8, 4) is 5.75 Å². The Hall–Kier alpha value is -3.13. The lowest BCUT2D eigenvalue weighted by Crippen LogP contribution is -2.47.